The molecule has 0 bridgehead atoms. The first-order valence-electron chi connectivity index (χ1n) is 15.6. The summed E-state index contributed by atoms with van der Waals surface area (Å²) in [5, 5.41) is 14.1. The Kier molecular flexibility index (Phi) is 6.83. The van der Waals surface area contributed by atoms with E-state index in [-0.39, 0.29) is 28.4 Å². The van der Waals surface area contributed by atoms with Crippen molar-refractivity contribution < 1.29 is 32.8 Å². The van der Waals surface area contributed by atoms with Crippen LogP contribution >= 0.6 is 7.82 Å². The van der Waals surface area contributed by atoms with E-state index >= 15 is 0 Å². The lowest BCUT2D eigenvalue weighted by Gasteiger charge is -2.67. The molecule has 0 radical (unpaired) electrons. The van der Waals surface area contributed by atoms with Gasteiger partial charge in [0.2, 0.25) is 0 Å². The highest BCUT2D eigenvalue weighted by atomic mass is 31.2. The van der Waals surface area contributed by atoms with Crippen molar-refractivity contribution in [1.29, 1.82) is 0 Å². The maximum atomic E-state index is 14.5. The number of fused-ring (bicyclic) bond motifs is 3. The Morgan fingerprint density at radius 3 is 2.18 bits per heavy atom. The second-order valence-corrected chi connectivity index (χ2v) is 15.2. The van der Waals surface area contributed by atoms with Crippen molar-refractivity contribution in [3.63, 3.8) is 0 Å². The van der Waals surface area contributed by atoms with Crippen molar-refractivity contribution in [3.05, 3.63) is 83.4 Å². The number of hydrogen-bond acceptors (Lipinski definition) is 7. The number of phosphoric acid groups is 1. The van der Waals surface area contributed by atoms with Crippen LogP contribution in [0.2, 0.25) is 0 Å². The van der Waals surface area contributed by atoms with Gasteiger partial charge in [0, 0.05) is 29.0 Å². The molecular formula is C35H40NO7P. The van der Waals surface area contributed by atoms with Gasteiger partial charge in [0.1, 0.15) is 28.6 Å². The normalized spacial score (nSPS) is 30.0. The fourth-order valence-corrected chi connectivity index (χ4v) is 9.69. The average Bonchev–Trinajstić information content (AvgIpc) is 3.36. The molecule has 2 aliphatic heterocycles. The molecule has 3 aromatic carbocycles. The molecule has 2 aliphatic carbocycles. The predicted octanol–water partition coefficient (Wildman–Crippen LogP) is 7.48. The summed E-state index contributed by atoms with van der Waals surface area (Å²) >= 11 is 0. The lowest BCUT2D eigenvalue weighted by atomic mass is 9.43. The zero-order valence-electron chi connectivity index (χ0n) is 25.7. The molecular weight excluding hydrogens is 577 g/mol. The summed E-state index contributed by atoms with van der Waals surface area (Å²) in [7, 11) is -4.33. The van der Waals surface area contributed by atoms with Gasteiger partial charge in [-0.25, -0.2) is 0 Å². The molecule has 8 nitrogen and oxygen atoms in total. The number of aliphatic hydroxyl groups is 1. The number of para-hydroxylation sites is 2. The van der Waals surface area contributed by atoms with Crippen LogP contribution in [-0.2, 0) is 17.5 Å². The number of nitrogens with one attached hydrogen (secondary N) is 1. The number of amides is 1. The Labute approximate surface area is 258 Å². The summed E-state index contributed by atoms with van der Waals surface area (Å²) < 4.78 is 40.1. The minimum Gasteiger partial charge on any atom is -0.486 e. The molecule has 0 unspecified atom stereocenters. The monoisotopic (exact) mass is 617 g/mol. The lowest BCUT2D eigenvalue weighted by Crippen LogP contribution is -2.70. The van der Waals surface area contributed by atoms with E-state index in [9.17, 15) is 14.5 Å². The van der Waals surface area contributed by atoms with Crippen molar-refractivity contribution in [2.45, 2.75) is 78.0 Å². The Hall–Kier alpha value is -3.48. The van der Waals surface area contributed by atoms with Gasteiger partial charge in [-0.3, -0.25) is 4.79 Å². The highest BCUT2D eigenvalue weighted by molar-refractivity contribution is 7.49. The van der Waals surface area contributed by atoms with Gasteiger partial charge in [-0.05, 0) is 73.8 Å². The molecule has 0 saturated heterocycles. The van der Waals surface area contributed by atoms with Crippen LogP contribution in [0.5, 0.6) is 23.0 Å². The zero-order valence-corrected chi connectivity index (χ0v) is 26.6. The number of carbonyl (C=O) groups is 1. The molecule has 5 atom stereocenters. The molecule has 1 spiro atoms. The van der Waals surface area contributed by atoms with Crippen molar-refractivity contribution in [2.24, 2.45) is 22.7 Å². The van der Waals surface area contributed by atoms with E-state index in [0.717, 1.165) is 30.4 Å². The summed E-state index contributed by atoms with van der Waals surface area (Å²) in [6.07, 6.45) is 3.50. The van der Waals surface area contributed by atoms with E-state index in [0.29, 0.717) is 48.1 Å². The summed E-state index contributed by atoms with van der Waals surface area (Å²) in [4.78, 5) is 13.1. The molecule has 9 heteroatoms. The molecule has 2 heterocycles. The molecule has 2 saturated carbocycles. The van der Waals surface area contributed by atoms with E-state index in [1.807, 2.05) is 12.1 Å². The molecule has 0 aromatic heterocycles. The molecule has 2 fully saturated rings. The van der Waals surface area contributed by atoms with E-state index in [2.05, 4.69) is 33.0 Å². The number of rotatable bonds is 6. The van der Waals surface area contributed by atoms with Crippen LogP contribution in [0.25, 0.3) is 0 Å². The van der Waals surface area contributed by atoms with Crippen LogP contribution in [0.1, 0.15) is 74.9 Å². The summed E-state index contributed by atoms with van der Waals surface area (Å²) in [5.41, 5.74) is 0.790. The fraction of sp³-hybridized carbons (Fsp3) is 0.457. The van der Waals surface area contributed by atoms with Gasteiger partial charge in [-0.1, -0.05) is 64.1 Å². The van der Waals surface area contributed by atoms with Crippen LogP contribution in [0.4, 0.5) is 0 Å². The van der Waals surface area contributed by atoms with E-state index < -0.39 is 19.5 Å². The van der Waals surface area contributed by atoms with Crippen LogP contribution in [-0.4, -0.2) is 22.7 Å². The summed E-state index contributed by atoms with van der Waals surface area (Å²) in [5.74, 6) is 1.72. The van der Waals surface area contributed by atoms with Crippen molar-refractivity contribution in [2.75, 3.05) is 0 Å². The first kappa shape index (κ1) is 29.2. The highest BCUT2D eigenvalue weighted by Crippen LogP contribution is 2.67. The number of carbonyl (C=O) groups excluding carboxylic acids is 1. The highest BCUT2D eigenvalue weighted by Gasteiger charge is 2.68. The third kappa shape index (κ3) is 4.44. The standard InChI is InChI=1S/C35H40NO7P/c1-22-15-16-29-33(2,3)30(37)17-18-35(29)34(22,4)20-26-28(19-25-27(31(26)40-35)21-36-32(25)38)43-44(39,41-23-11-7-5-8-12-23)42-24-13-9-6-10-14-24/h5-14,19,22,29-30,37H,15-18,20-21H2,1-4H3,(H,36,38)/t22-,29-,30-,34+,35-/m0/s1. The lowest BCUT2D eigenvalue weighted by molar-refractivity contribution is -0.233. The molecule has 232 valence electrons. The van der Waals surface area contributed by atoms with Crippen LogP contribution in [0, 0.1) is 22.7 Å². The third-order valence-electron chi connectivity index (χ3n) is 11.1. The maximum absolute atomic E-state index is 14.5. The number of phosphoric ester groups is 1. The zero-order chi connectivity index (χ0) is 30.9. The molecule has 1 amide bonds. The Balaban J connectivity index is 1.37. The van der Waals surface area contributed by atoms with Crippen molar-refractivity contribution >= 4 is 13.7 Å². The predicted molar refractivity (Wildman–Crippen MR) is 166 cm³/mol. The van der Waals surface area contributed by atoms with E-state index in [4.69, 9.17) is 18.3 Å². The van der Waals surface area contributed by atoms with Gasteiger partial charge in [-0.15, -0.1) is 0 Å². The van der Waals surface area contributed by atoms with Gasteiger partial charge < -0.3 is 28.7 Å². The number of ether oxygens (including phenoxy) is 1. The van der Waals surface area contributed by atoms with Crippen LogP contribution in [0.15, 0.2) is 66.7 Å². The Morgan fingerprint density at radius 1 is 0.909 bits per heavy atom. The minimum atomic E-state index is -4.33. The number of benzene rings is 3. The molecule has 7 rings (SSSR count). The van der Waals surface area contributed by atoms with Crippen LogP contribution < -0.4 is 23.6 Å². The second-order valence-electron chi connectivity index (χ2n) is 13.7. The Bertz CT molecular complexity index is 1600. The van der Waals surface area contributed by atoms with Crippen LogP contribution in [0.3, 0.4) is 0 Å². The van der Waals surface area contributed by atoms with E-state index in [1.54, 1.807) is 54.6 Å². The smallest absolute Gasteiger partial charge is 0.486 e. The first-order chi connectivity index (χ1) is 21.0. The SMILES string of the molecule is C[C@H]1CC[C@H]2C(C)(C)[C@@H](O)CC[C@]23Oc2c(c(OP(=O)(Oc4ccccc4)Oc4ccccc4)cc4c2CNC4=O)C[C@]13C. The largest absolute Gasteiger partial charge is 0.647 e. The topological polar surface area (TPSA) is 103 Å². The van der Waals surface area contributed by atoms with E-state index in [1.165, 1.54) is 0 Å². The Morgan fingerprint density at radius 2 is 1.55 bits per heavy atom. The minimum absolute atomic E-state index is 0.118. The molecule has 3 aromatic rings. The maximum Gasteiger partial charge on any atom is 0.647 e. The van der Waals surface area contributed by atoms with Gasteiger partial charge in [0.15, 0.2) is 0 Å². The summed E-state index contributed by atoms with van der Waals surface area (Å²) in [6, 6.07) is 19.2. The molecule has 4 aliphatic rings. The number of hydrogen-bond donors (Lipinski definition) is 2. The quantitative estimate of drug-likeness (QED) is 0.277. The molecule has 44 heavy (non-hydrogen) atoms. The van der Waals surface area contributed by atoms with Gasteiger partial charge >= 0.3 is 7.82 Å². The fourth-order valence-electron chi connectivity index (χ4n) is 8.42. The molecule has 2 N–H and O–H groups in total. The van der Waals surface area contributed by atoms with Crippen molar-refractivity contribution in [1.82, 2.24) is 5.32 Å². The van der Waals surface area contributed by atoms with Gasteiger partial charge in [0.05, 0.1) is 11.7 Å². The van der Waals surface area contributed by atoms with Crippen molar-refractivity contribution in [3.8, 4) is 23.0 Å². The van der Waals surface area contributed by atoms with Gasteiger partial charge in [0.25, 0.3) is 5.91 Å². The second kappa shape index (κ2) is 10.3. The van der Waals surface area contributed by atoms with Gasteiger partial charge in [-0.2, -0.15) is 4.57 Å². The first-order valence-corrected chi connectivity index (χ1v) is 17.0. The third-order valence-corrected chi connectivity index (χ3v) is 12.4. The summed E-state index contributed by atoms with van der Waals surface area (Å²) in [6.45, 7) is 9.23. The number of aliphatic hydroxyl groups excluding tert-OH is 1. The average molecular weight is 618 g/mol.